The number of aliphatic hydroxyl groups excluding tert-OH is 1. The van der Waals surface area contributed by atoms with Crippen molar-refractivity contribution in [2.24, 2.45) is 5.92 Å². The normalized spacial score (nSPS) is 24.6. The van der Waals surface area contributed by atoms with E-state index in [1.165, 1.54) is 32.4 Å². The second-order valence-corrected chi connectivity index (χ2v) is 6.78. The number of likely N-dealkylation sites (tertiary alicyclic amines) is 2. The molecule has 2 unspecified atom stereocenters. The number of hydrogen-bond acceptors (Lipinski definition) is 3. The summed E-state index contributed by atoms with van der Waals surface area (Å²) in [5, 5.41) is 12.7. The molecule has 2 aliphatic heterocycles. The molecule has 2 amide bonds. The lowest BCUT2D eigenvalue weighted by molar-refractivity contribution is 0.0790. The molecule has 0 aliphatic carbocycles. The van der Waals surface area contributed by atoms with Gasteiger partial charge in [0.25, 0.3) is 0 Å². The number of amides is 2. The van der Waals surface area contributed by atoms with Crippen molar-refractivity contribution in [3.05, 3.63) is 0 Å². The zero-order valence-electron chi connectivity index (χ0n) is 13.6. The number of carbonyl (C=O) groups is 1. The van der Waals surface area contributed by atoms with Gasteiger partial charge in [0, 0.05) is 25.7 Å². The highest BCUT2D eigenvalue weighted by atomic mass is 16.3. The summed E-state index contributed by atoms with van der Waals surface area (Å²) in [5.41, 5.74) is 0. The number of hydrogen-bond donors (Lipinski definition) is 2. The van der Waals surface area contributed by atoms with E-state index in [9.17, 15) is 9.90 Å². The Hall–Kier alpha value is -0.810. The van der Waals surface area contributed by atoms with Crippen LogP contribution in [0.4, 0.5) is 4.79 Å². The van der Waals surface area contributed by atoms with E-state index in [0.29, 0.717) is 5.92 Å². The maximum absolute atomic E-state index is 12.3. The van der Waals surface area contributed by atoms with Crippen LogP contribution in [0.25, 0.3) is 0 Å². The van der Waals surface area contributed by atoms with Crippen molar-refractivity contribution in [1.82, 2.24) is 15.1 Å². The van der Waals surface area contributed by atoms with Crippen molar-refractivity contribution < 1.29 is 9.90 Å². The van der Waals surface area contributed by atoms with Crippen LogP contribution in [-0.4, -0.2) is 65.8 Å². The zero-order valence-corrected chi connectivity index (χ0v) is 13.6. The van der Waals surface area contributed by atoms with Gasteiger partial charge in [0.2, 0.25) is 0 Å². The fourth-order valence-electron chi connectivity index (χ4n) is 3.46. The van der Waals surface area contributed by atoms with Gasteiger partial charge in [0.1, 0.15) is 0 Å². The smallest absolute Gasteiger partial charge is 0.317 e. The molecule has 2 heterocycles. The van der Waals surface area contributed by atoms with Gasteiger partial charge in [-0.25, -0.2) is 4.79 Å². The summed E-state index contributed by atoms with van der Waals surface area (Å²) in [7, 11) is 0. The lowest BCUT2D eigenvalue weighted by Gasteiger charge is -2.35. The van der Waals surface area contributed by atoms with Crippen LogP contribution in [0, 0.1) is 5.92 Å². The fourth-order valence-corrected chi connectivity index (χ4v) is 3.46. The molecule has 0 radical (unpaired) electrons. The fraction of sp³-hybridized carbons (Fsp3) is 0.938. The Labute approximate surface area is 128 Å². The van der Waals surface area contributed by atoms with E-state index in [-0.39, 0.29) is 18.2 Å². The Balaban J connectivity index is 1.69. The summed E-state index contributed by atoms with van der Waals surface area (Å²) in [4.78, 5) is 16.6. The minimum absolute atomic E-state index is 0.0588. The van der Waals surface area contributed by atoms with Crippen LogP contribution < -0.4 is 5.32 Å². The molecule has 122 valence electrons. The topological polar surface area (TPSA) is 55.8 Å². The van der Waals surface area contributed by atoms with Gasteiger partial charge in [-0.3, -0.25) is 0 Å². The summed E-state index contributed by atoms with van der Waals surface area (Å²) in [6.07, 6.45) is 5.47. The molecule has 0 saturated carbocycles. The van der Waals surface area contributed by atoms with E-state index in [0.717, 1.165) is 32.5 Å². The highest BCUT2D eigenvalue weighted by Gasteiger charge is 2.26. The largest absolute Gasteiger partial charge is 0.393 e. The van der Waals surface area contributed by atoms with Crippen molar-refractivity contribution in [2.45, 2.75) is 58.1 Å². The summed E-state index contributed by atoms with van der Waals surface area (Å²) < 4.78 is 0. The third kappa shape index (κ3) is 5.15. The van der Waals surface area contributed by atoms with Gasteiger partial charge in [-0.05, 0) is 58.5 Å². The average molecular weight is 297 g/mol. The van der Waals surface area contributed by atoms with Crippen molar-refractivity contribution in [2.75, 3.05) is 32.7 Å². The van der Waals surface area contributed by atoms with Crippen molar-refractivity contribution in [1.29, 1.82) is 0 Å². The minimum atomic E-state index is -0.256. The predicted octanol–water partition coefficient (Wildman–Crippen LogP) is 1.66. The molecule has 2 aliphatic rings. The van der Waals surface area contributed by atoms with E-state index in [2.05, 4.69) is 17.1 Å². The van der Waals surface area contributed by atoms with Crippen LogP contribution in [0.1, 0.15) is 46.0 Å². The highest BCUT2D eigenvalue weighted by Crippen LogP contribution is 2.20. The van der Waals surface area contributed by atoms with Crippen LogP contribution in [0.15, 0.2) is 0 Å². The second-order valence-electron chi connectivity index (χ2n) is 6.78. The number of aliphatic hydroxyl groups is 1. The van der Waals surface area contributed by atoms with Gasteiger partial charge >= 0.3 is 6.03 Å². The number of nitrogens with one attached hydrogen (secondary N) is 1. The average Bonchev–Trinajstić information content (AvgIpc) is 2.48. The molecule has 0 spiro atoms. The maximum Gasteiger partial charge on any atom is 0.317 e. The standard InChI is InChI=1S/C16H31N3O2/c1-13(12-18-8-4-3-5-9-18)17-16(21)19-10-6-15(7-11-19)14(2)20/h13-15,20H,3-12H2,1-2H3,(H,17,21). The Bertz CT molecular complexity index is 321. The van der Waals surface area contributed by atoms with E-state index in [4.69, 9.17) is 0 Å². The van der Waals surface area contributed by atoms with Gasteiger partial charge in [0.15, 0.2) is 0 Å². The number of nitrogens with zero attached hydrogens (tertiary/aromatic N) is 2. The molecule has 0 aromatic heterocycles. The van der Waals surface area contributed by atoms with E-state index in [1.54, 1.807) is 0 Å². The zero-order chi connectivity index (χ0) is 15.2. The number of urea groups is 1. The molecule has 0 aromatic rings. The molecule has 2 N–H and O–H groups in total. The van der Waals surface area contributed by atoms with Gasteiger partial charge < -0.3 is 20.2 Å². The summed E-state index contributed by atoms with van der Waals surface area (Å²) in [5.74, 6) is 0.347. The van der Waals surface area contributed by atoms with Crippen molar-refractivity contribution >= 4 is 6.03 Å². The van der Waals surface area contributed by atoms with Gasteiger partial charge in [-0.1, -0.05) is 6.42 Å². The Kier molecular flexibility index (Phi) is 6.30. The minimum Gasteiger partial charge on any atom is -0.393 e. The summed E-state index contributed by atoms with van der Waals surface area (Å²) in [6.45, 7) is 8.75. The third-order valence-electron chi connectivity index (χ3n) is 4.86. The summed E-state index contributed by atoms with van der Waals surface area (Å²) >= 11 is 0. The van der Waals surface area contributed by atoms with E-state index < -0.39 is 0 Å². The first kappa shape index (κ1) is 16.6. The third-order valence-corrected chi connectivity index (χ3v) is 4.86. The molecule has 5 heteroatoms. The number of piperidine rings is 2. The molecule has 0 bridgehead atoms. The molecular weight excluding hydrogens is 266 g/mol. The van der Waals surface area contributed by atoms with Crippen LogP contribution in [0.3, 0.4) is 0 Å². The summed E-state index contributed by atoms with van der Waals surface area (Å²) in [6, 6.07) is 0.258. The molecule has 2 rings (SSSR count). The van der Waals surface area contributed by atoms with Gasteiger partial charge in [0.05, 0.1) is 6.10 Å². The molecule has 2 atom stereocenters. The number of carbonyl (C=O) groups excluding carboxylic acids is 1. The van der Waals surface area contributed by atoms with Crippen LogP contribution in [0.2, 0.25) is 0 Å². The molecule has 21 heavy (non-hydrogen) atoms. The first-order valence-corrected chi connectivity index (χ1v) is 8.52. The van der Waals surface area contributed by atoms with Gasteiger partial charge in [-0.2, -0.15) is 0 Å². The highest BCUT2D eigenvalue weighted by molar-refractivity contribution is 5.74. The Morgan fingerprint density at radius 2 is 1.76 bits per heavy atom. The monoisotopic (exact) mass is 297 g/mol. The predicted molar refractivity (Wildman–Crippen MR) is 84.3 cm³/mol. The van der Waals surface area contributed by atoms with E-state index in [1.807, 2.05) is 11.8 Å². The quantitative estimate of drug-likeness (QED) is 0.830. The van der Waals surface area contributed by atoms with Crippen LogP contribution in [0.5, 0.6) is 0 Å². The van der Waals surface area contributed by atoms with Crippen molar-refractivity contribution in [3.8, 4) is 0 Å². The molecule has 2 saturated heterocycles. The van der Waals surface area contributed by atoms with Crippen LogP contribution in [-0.2, 0) is 0 Å². The first-order valence-electron chi connectivity index (χ1n) is 8.52. The Morgan fingerprint density at radius 3 is 2.33 bits per heavy atom. The lowest BCUT2D eigenvalue weighted by Crippen LogP contribution is -2.51. The number of rotatable bonds is 4. The molecule has 0 aromatic carbocycles. The molecule has 2 fully saturated rings. The van der Waals surface area contributed by atoms with Crippen molar-refractivity contribution in [3.63, 3.8) is 0 Å². The maximum atomic E-state index is 12.3. The van der Waals surface area contributed by atoms with Gasteiger partial charge in [-0.15, -0.1) is 0 Å². The van der Waals surface area contributed by atoms with Crippen LogP contribution >= 0.6 is 0 Å². The Morgan fingerprint density at radius 1 is 1.14 bits per heavy atom. The lowest BCUT2D eigenvalue weighted by atomic mass is 9.92. The first-order chi connectivity index (χ1) is 10.1. The SMILES string of the molecule is CC(CN1CCCCC1)NC(=O)N1CCC(C(C)O)CC1. The second kappa shape index (κ2) is 7.99. The van der Waals surface area contributed by atoms with E-state index >= 15 is 0 Å². The molecular formula is C16H31N3O2. The molecule has 5 nitrogen and oxygen atoms in total.